The van der Waals surface area contributed by atoms with Gasteiger partial charge in [-0.15, -0.1) is 11.8 Å². The lowest BCUT2D eigenvalue weighted by Crippen LogP contribution is -2.31. The van der Waals surface area contributed by atoms with Crippen molar-refractivity contribution in [3.8, 4) is 11.5 Å². The normalized spacial score (nSPS) is 22.9. The predicted molar refractivity (Wildman–Crippen MR) is 76.6 cm³/mol. The first kappa shape index (κ1) is 15.4. The number of nitrogens with one attached hydrogen (secondary N) is 1. The number of hydrogen-bond acceptors (Lipinski definition) is 4. The summed E-state index contributed by atoms with van der Waals surface area (Å²) in [5, 5.41) is 3.61. The molecule has 1 aliphatic heterocycles. The van der Waals surface area contributed by atoms with E-state index in [0.717, 1.165) is 17.9 Å². The average Bonchev–Trinajstić information content (AvgIpc) is 2.41. The van der Waals surface area contributed by atoms with Crippen LogP contribution in [0.3, 0.4) is 0 Å². The van der Waals surface area contributed by atoms with E-state index in [1.807, 2.05) is 18.7 Å². The molecule has 0 radical (unpaired) electrons. The molecule has 0 aromatic heterocycles. The highest BCUT2D eigenvalue weighted by Gasteiger charge is 2.21. The number of halogens is 2. The number of benzene rings is 1. The van der Waals surface area contributed by atoms with Gasteiger partial charge in [0.1, 0.15) is 0 Å². The molecule has 6 heteroatoms. The Morgan fingerprint density at radius 1 is 1.40 bits per heavy atom. The Morgan fingerprint density at radius 3 is 2.80 bits per heavy atom. The van der Waals surface area contributed by atoms with Crippen LogP contribution >= 0.6 is 11.8 Å². The first-order valence-electron chi connectivity index (χ1n) is 6.66. The second-order valence-electron chi connectivity index (χ2n) is 4.74. The fraction of sp³-hybridized carbons (Fsp3) is 0.571. The summed E-state index contributed by atoms with van der Waals surface area (Å²) in [6, 6.07) is 5.13. The Labute approximate surface area is 122 Å². The van der Waals surface area contributed by atoms with Crippen molar-refractivity contribution in [3.63, 3.8) is 0 Å². The maximum Gasteiger partial charge on any atom is 0.387 e. The standard InChI is InChI=1S/C14H19F2NO2S/c1-3-18-12-6-10(4-5-11(12)19-14(15)16)13-17-7-9(2)8-20-13/h4-6,9,13-14,17H,3,7-8H2,1-2H3. The quantitative estimate of drug-likeness (QED) is 0.899. The summed E-state index contributed by atoms with van der Waals surface area (Å²) in [6.45, 7) is 2.53. The first-order chi connectivity index (χ1) is 9.60. The van der Waals surface area contributed by atoms with Crippen molar-refractivity contribution < 1.29 is 18.3 Å². The topological polar surface area (TPSA) is 30.5 Å². The Balaban J connectivity index is 2.16. The minimum Gasteiger partial charge on any atom is -0.490 e. The van der Waals surface area contributed by atoms with Crippen molar-refractivity contribution in [2.45, 2.75) is 25.8 Å². The van der Waals surface area contributed by atoms with Gasteiger partial charge >= 0.3 is 6.61 Å². The van der Waals surface area contributed by atoms with E-state index >= 15 is 0 Å². The molecule has 0 amide bonds. The second kappa shape index (κ2) is 7.13. The fourth-order valence-corrected chi connectivity index (χ4v) is 3.24. The fourth-order valence-electron chi connectivity index (χ4n) is 2.05. The molecule has 2 unspecified atom stereocenters. The number of ether oxygens (including phenoxy) is 2. The third kappa shape index (κ3) is 3.99. The van der Waals surface area contributed by atoms with E-state index in [4.69, 9.17) is 4.74 Å². The number of thioether (sulfide) groups is 1. The van der Waals surface area contributed by atoms with Crippen LogP contribution in [0, 0.1) is 5.92 Å². The van der Waals surface area contributed by atoms with E-state index < -0.39 is 6.61 Å². The lowest BCUT2D eigenvalue weighted by Gasteiger charge is -2.28. The van der Waals surface area contributed by atoms with Crippen molar-refractivity contribution >= 4 is 11.8 Å². The molecule has 0 aliphatic carbocycles. The zero-order valence-electron chi connectivity index (χ0n) is 11.6. The summed E-state index contributed by atoms with van der Waals surface area (Å²) in [5.74, 6) is 2.17. The van der Waals surface area contributed by atoms with Crippen molar-refractivity contribution in [1.82, 2.24) is 5.32 Å². The van der Waals surface area contributed by atoms with Gasteiger partial charge in [-0.05, 0) is 42.8 Å². The largest absolute Gasteiger partial charge is 0.490 e. The van der Waals surface area contributed by atoms with Crippen molar-refractivity contribution in [2.75, 3.05) is 18.9 Å². The number of hydrogen-bond donors (Lipinski definition) is 1. The molecule has 1 aliphatic rings. The molecule has 112 valence electrons. The van der Waals surface area contributed by atoms with Crippen LogP contribution in [0.1, 0.15) is 24.8 Å². The smallest absolute Gasteiger partial charge is 0.387 e. The third-order valence-electron chi connectivity index (χ3n) is 2.99. The average molecular weight is 303 g/mol. The minimum atomic E-state index is -2.84. The summed E-state index contributed by atoms with van der Waals surface area (Å²) in [4.78, 5) is 0. The Bertz CT molecular complexity index is 437. The van der Waals surface area contributed by atoms with E-state index in [1.54, 1.807) is 18.2 Å². The molecule has 1 N–H and O–H groups in total. The highest BCUT2D eigenvalue weighted by atomic mass is 32.2. The summed E-state index contributed by atoms with van der Waals surface area (Å²) in [6.07, 6.45) is 0. The third-order valence-corrected chi connectivity index (χ3v) is 4.52. The molecule has 1 aromatic rings. The van der Waals surface area contributed by atoms with E-state index in [-0.39, 0.29) is 11.1 Å². The van der Waals surface area contributed by atoms with Crippen LogP contribution in [0.15, 0.2) is 18.2 Å². The first-order valence-corrected chi connectivity index (χ1v) is 7.71. The molecular formula is C14H19F2NO2S. The SMILES string of the molecule is CCOc1cc(C2NCC(C)CS2)ccc1OC(F)F. The molecular weight excluding hydrogens is 284 g/mol. The van der Waals surface area contributed by atoms with Gasteiger partial charge in [0.05, 0.1) is 12.0 Å². The minimum absolute atomic E-state index is 0.0831. The maximum atomic E-state index is 12.3. The second-order valence-corrected chi connectivity index (χ2v) is 5.88. The number of rotatable bonds is 5. The van der Waals surface area contributed by atoms with Crippen molar-refractivity contribution in [1.29, 1.82) is 0 Å². The zero-order valence-corrected chi connectivity index (χ0v) is 12.4. The molecule has 0 bridgehead atoms. The van der Waals surface area contributed by atoms with Crippen molar-refractivity contribution in [2.24, 2.45) is 5.92 Å². The molecule has 2 atom stereocenters. The summed E-state index contributed by atoms with van der Waals surface area (Å²) < 4.78 is 34.6. The lowest BCUT2D eigenvalue weighted by atomic mass is 10.1. The highest BCUT2D eigenvalue weighted by Crippen LogP contribution is 2.37. The Hall–Kier alpha value is -1.01. The van der Waals surface area contributed by atoms with E-state index in [1.165, 1.54) is 0 Å². The van der Waals surface area contributed by atoms with Gasteiger partial charge in [-0.1, -0.05) is 13.0 Å². The van der Waals surface area contributed by atoms with E-state index in [2.05, 4.69) is 17.0 Å². The van der Waals surface area contributed by atoms with Gasteiger partial charge in [0.2, 0.25) is 0 Å². The van der Waals surface area contributed by atoms with Crippen LogP contribution in [-0.2, 0) is 0 Å². The molecule has 1 saturated heterocycles. The van der Waals surface area contributed by atoms with E-state index in [0.29, 0.717) is 18.3 Å². The Morgan fingerprint density at radius 2 is 2.20 bits per heavy atom. The van der Waals surface area contributed by atoms with Crippen LogP contribution in [-0.4, -0.2) is 25.5 Å². The van der Waals surface area contributed by atoms with Gasteiger partial charge in [-0.3, -0.25) is 0 Å². The van der Waals surface area contributed by atoms with Gasteiger partial charge in [-0.2, -0.15) is 8.78 Å². The summed E-state index contributed by atoms with van der Waals surface area (Å²) in [5.41, 5.74) is 1.02. The van der Waals surface area contributed by atoms with Gasteiger partial charge < -0.3 is 14.8 Å². The molecule has 1 heterocycles. The molecule has 0 spiro atoms. The molecule has 2 rings (SSSR count). The molecule has 1 aromatic carbocycles. The molecule has 0 saturated carbocycles. The van der Waals surface area contributed by atoms with Crippen LogP contribution in [0.25, 0.3) is 0 Å². The highest BCUT2D eigenvalue weighted by molar-refractivity contribution is 7.99. The van der Waals surface area contributed by atoms with Crippen LogP contribution in [0.5, 0.6) is 11.5 Å². The van der Waals surface area contributed by atoms with Crippen LogP contribution in [0.4, 0.5) is 8.78 Å². The predicted octanol–water partition coefficient (Wildman–Crippen LogP) is 3.66. The van der Waals surface area contributed by atoms with Crippen LogP contribution < -0.4 is 14.8 Å². The zero-order chi connectivity index (χ0) is 14.5. The van der Waals surface area contributed by atoms with Crippen molar-refractivity contribution in [3.05, 3.63) is 23.8 Å². The monoisotopic (exact) mass is 303 g/mol. The maximum absolute atomic E-state index is 12.3. The van der Waals surface area contributed by atoms with Crippen LogP contribution in [0.2, 0.25) is 0 Å². The lowest BCUT2D eigenvalue weighted by molar-refractivity contribution is -0.0514. The number of alkyl halides is 2. The van der Waals surface area contributed by atoms with E-state index in [9.17, 15) is 8.78 Å². The van der Waals surface area contributed by atoms with Gasteiger partial charge in [0.15, 0.2) is 11.5 Å². The van der Waals surface area contributed by atoms with Gasteiger partial charge in [-0.25, -0.2) is 0 Å². The summed E-state index contributed by atoms with van der Waals surface area (Å²) in [7, 11) is 0. The summed E-state index contributed by atoms with van der Waals surface area (Å²) >= 11 is 1.82. The molecule has 3 nitrogen and oxygen atoms in total. The van der Waals surface area contributed by atoms with Gasteiger partial charge in [0, 0.05) is 0 Å². The molecule has 20 heavy (non-hydrogen) atoms. The molecule has 1 fully saturated rings. The van der Waals surface area contributed by atoms with Gasteiger partial charge in [0.25, 0.3) is 0 Å². The Kier molecular flexibility index (Phi) is 5.48.